The summed E-state index contributed by atoms with van der Waals surface area (Å²) in [6, 6.07) is 0.0688. The van der Waals surface area contributed by atoms with Crippen LogP contribution in [-0.4, -0.2) is 69.2 Å². The molecule has 1 aliphatic heterocycles. The van der Waals surface area contributed by atoms with E-state index in [4.69, 9.17) is 0 Å². The van der Waals surface area contributed by atoms with Gasteiger partial charge in [-0.15, -0.1) is 0 Å². The molecule has 5 nitrogen and oxygen atoms in total. The maximum absolute atomic E-state index is 11.3. The van der Waals surface area contributed by atoms with E-state index in [2.05, 4.69) is 43.5 Å². The van der Waals surface area contributed by atoms with Crippen LogP contribution < -0.4 is 10.6 Å². The van der Waals surface area contributed by atoms with Gasteiger partial charge in [-0.3, -0.25) is 0 Å². The van der Waals surface area contributed by atoms with Crippen LogP contribution in [0.5, 0.6) is 0 Å². The molecule has 1 heterocycles. The molecular formula is C12H26N4O. The lowest BCUT2D eigenvalue weighted by molar-refractivity contribution is 0.212. The summed E-state index contributed by atoms with van der Waals surface area (Å²) in [5, 5.41) is 6.24. The van der Waals surface area contributed by atoms with Gasteiger partial charge >= 0.3 is 6.03 Å². The van der Waals surface area contributed by atoms with E-state index in [0.29, 0.717) is 0 Å². The predicted molar refractivity (Wildman–Crippen MR) is 70.2 cm³/mol. The van der Waals surface area contributed by atoms with E-state index in [9.17, 15) is 4.79 Å². The molecule has 17 heavy (non-hydrogen) atoms. The summed E-state index contributed by atoms with van der Waals surface area (Å²) < 4.78 is 0. The SMILES string of the molecule is CN(C)CC(C)(C)CNCCN1CCNC1=O. The van der Waals surface area contributed by atoms with Crippen LogP contribution in [0.25, 0.3) is 0 Å². The van der Waals surface area contributed by atoms with Crippen molar-refractivity contribution in [1.82, 2.24) is 20.4 Å². The fraction of sp³-hybridized carbons (Fsp3) is 0.917. The molecule has 1 rings (SSSR count). The minimum absolute atomic E-state index is 0.0688. The lowest BCUT2D eigenvalue weighted by Gasteiger charge is -2.29. The first-order chi connectivity index (χ1) is 7.91. The Hall–Kier alpha value is -0.810. The second-order valence-electron chi connectivity index (χ2n) is 5.80. The number of nitrogens with zero attached hydrogens (tertiary/aromatic N) is 2. The zero-order chi connectivity index (χ0) is 12.9. The zero-order valence-corrected chi connectivity index (χ0v) is 11.5. The molecule has 2 amide bonds. The maximum atomic E-state index is 11.3. The van der Waals surface area contributed by atoms with Crippen LogP contribution in [0.2, 0.25) is 0 Å². The van der Waals surface area contributed by atoms with Crippen LogP contribution >= 0.6 is 0 Å². The van der Waals surface area contributed by atoms with E-state index < -0.39 is 0 Å². The third-order valence-corrected chi connectivity index (χ3v) is 2.85. The highest BCUT2D eigenvalue weighted by atomic mass is 16.2. The molecule has 0 saturated carbocycles. The lowest BCUT2D eigenvalue weighted by Crippen LogP contribution is -2.41. The van der Waals surface area contributed by atoms with Crippen LogP contribution in [0.1, 0.15) is 13.8 Å². The average Bonchev–Trinajstić information content (AvgIpc) is 2.57. The number of carbonyl (C=O) groups is 1. The molecule has 0 aliphatic carbocycles. The first-order valence-corrected chi connectivity index (χ1v) is 6.29. The van der Waals surface area contributed by atoms with Gasteiger partial charge in [0.25, 0.3) is 0 Å². The van der Waals surface area contributed by atoms with Gasteiger partial charge in [0.05, 0.1) is 0 Å². The van der Waals surface area contributed by atoms with Crippen LogP contribution in [0.4, 0.5) is 4.79 Å². The van der Waals surface area contributed by atoms with Gasteiger partial charge in [0.15, 0.2) is 0 Å². The summed E-state index contributed by atoms with van der Waals surface area (Å²) in [5.41, 5.74) is 0.261. The molecule has 1 aliphatic rings. The monoisotopic (exact) mass is 242 g/mol. The molecule has 0 radical (unpaired) electrons. The summed E-state index contributed by atoms with van der Waals surface area (Å²) in [6.45, 7) is 9.82. The molecule has 0 atom stereocenters. The molecule has 0 unspecified atom stereocenters. The third-order valence-electron chi connectivity index (χ3n) is 2.85. The summed E-state index contributed by atoms with van der Waals surface area (Å²) in [5.74, 6) is 0. The van der Waals surface area contributed by atoms with E-state index in [1.165, 1.54) is 0 Å². The number of hydrogen-bond acceptors (Lipinski definition) is 3. The molecule has 1 saturated heterocycles. The Labute approximate surface area is 105 Å². The maximum Gasteiger partial charge on any atom is 0.317 e. The molecule has 1 fully saturated rings. The number of nitrogens with one attached hydrogen (secondary N) is 2. The molecular weight excluding hydrogens is 216 g/mol. The van der Waals surface area contributed by atoms with E-state index >= 15 is 0 Å². The molecule has 0 aromatic heterocycles. The van der Waals surface area contributed by atoms with Crippen LogP contribution in [0.15, 0.2) is 0 Å². The summed E-state index contributed by atoms with van der Waals surface area (Å²) in [7, 11) is 4.19. The van der Waals surface area contributed by atoms with E-state index in [-0.39, 0.29) is 11.4 Å². The number of hydrogen-bond donors (Lipinski definition) is 2. The Morgan fingerprint density at radius 1 is 1.47 bits per heavy atom. The fourth-order valence-electron chi connectivity index (χ4n) is 2.28. The van der Waals surface area contributed by atoms with Crippen molar-refractivity contribution in [2.75, 3.05) is 53.4 Å². The number of carbonyl (C=O) groups excluding carboxylic acids is 1. The van der Waals surface area contributed by atoms with Crippen molar-refractivity contribution in [1.29, 1.82) is 0 Å². The Bertz CT molecular complexity index is 253. The highest BCUT2D eigenvalue weighted by Crippen LogP contribution is 2.13. The Morgan fingerprint density at radius 2 is 2.18 bits per heavy atom. The van der Waals surface area contributed by atoms with Crippen molar-refractivity contribution < 1.29 is 4.79 Å². The number of rotatable bonds is 7. The van der Waals surface area contributed by atoms with Gasteiger partial charge in [-0.2, -0.15) is 0 Å². The standard InChI is InChI=1S/C12H26N4O/c1-12(2,10-15(3)4)9-13-5-7-16-8-6-14-11(16)17/h13H,5-10H2,1-4H3,(H,14,17). The Morgan fingerprint density at radius 3 is 2.71 bits per heavy atom. The molecule has 0 spiro atoms. The molecule has 0 bridgehead atoms. The molecule has 0 aromatic carbocycles. The number of urea groups is 1. The zero-order valence-electron chi connectivity index (χ0n) is 11.5. The van der Waals surface area contributed by atoms with Crippen LogP contribution in [0.3, 0.4) is 0 Å². The second kappa shape index (κ2) is 6.21. The fourth-order valence-corrected chi connectivity index (χ4v) is 2.28. The normalized spacial score (nSPS) is 16.8. The summed E-state index contributed by atoms with van der Waals surface area (Å²) in [4.78, 5) is 15.3. The molecule has 0 aromatic rings. The average molecular weight is 242 g/mol. The minimum Gasteiger partial charge on any atom is -0.336 e. The Balaban J connectivity index is 2.13. The van der Waals surface area contributed by atoms with Crippen LogP contribution in [0, 0.1) is 5.41 Å². The minimum atomic E-state index is 0.0688. The van der Waals surface area contributed by atoms with Gasteiger partial charge in [-0.25, -0.2) is 4.79 Å². The highest BCUT2D eigenvalue weighted by Gasteiger charge is 2.20. The predicted octanol–water partition coefficient (Wildman–Crippen LogP) is 0.189. The van der Waals surface area contributed by atoms with Gasteiger partial charge in [-0.05, 0) is 19.5 Å². The van der Waals surface area contributed by atoms with Crippen molar-refractivity contribution in [3.8, 4) is 0 Å². The third kappa shape index (κ3) is 5.37. The van der Waals surface area contributed by atoms with E-state index in [0.717, 1.165) is 39.3 Å². The quantitative estimate of drug-likeness (QED) is 0.627. The summed E-state index contributed by atoms with van der Waals surface area (Å²) >= 11 is 0. The van der Waals surface area contributed by atoms with Crippen molar-refractivity contribution in [3.63, 3.8) is 0 Å². The van der Waals surface area contributed by atoms with Crippen molar-refractivity contribution in [2.45, 2.75) is 13.8 Å². The lowest BCUT2D eigenvalue weighted by atomic mass is 9.93. The van der Waals surface area contributed by atoms with Gasteiger partial charge in [0, 0.05) is 39.3 Å². The van der Waals surface area contributed by atoms with Gasteiger partial charge in [0.2, 0.25) is 0 Å². The summed E-state index contributed by atoms with van der Waals surface area (Å²) in [6.07, 6.45) is 0. The molecule has 100 valence electrons. The van der Waals surface area contributed by atoms with Gasteiger partial charge < -0.3 is 20.4 Å². The van der Waals surface area contributed by atoms with Crippen molar-refractivity contribution in [3.05, 3.63) is 0 Å². The Kier molecular flexibility index (Phi) is 5.21. The first kappa shape index (κ1) is 14.3. The van der Waals surface area contributed by atoms with Crippen molar-refractivity contribution >= 4 is 6.03 Å². The van der Waals surface area contributed by atoms with Crippen molar-refractivity contribution in [2.24, 2.45) is 5.41 Å². The topological polar surface area (TPSA) is 47.6 Å². The van der Waals surface area contributed by atoms with E-state index in [1.807, 2.05) is 4.90 Å². The smallest absolute Gasteiger partial charge is 0.317 e. The second-order valence-corrected chi connectivity index (χ2v) is 5.80. The van der Waals surface area contributed by atoms with E-state index in [1.54, 1.807) is 0 Å². The van der Waals surface area contributed by atoms with Crippen LogP contribution in [-0.2, 0) is 0 Å². The number of amides is 2. The highest BCUT2D eigenvalue weighted by molar-refractivity contribution is 5.76. The van der Waals surface area contributed by atoms with Gasteiger partial charge in [0.1, 0.15) is 0 Å². The van der Waals surface area contributed by atoms with Gasteiger partial charge in [-0.1, -0.05) is 13.8 Å². The largest absolute Gasteiger partial charge is 0.336 e. The first-order valence-electron chi connectivity index (χ1n) is 6.29. The molecule has 2 N–H and O–H groups in total. The molecule has 5 heteroatoms.